The molecule has 7 heteroatoms. The van der Waals surface area contributed by atoms with Crippen LogP contribution < -0.4 is 0 Å². The van der Waals surface area contributed by atoms with Gasteiger partial charge in [-0.15, -0.1) is 0 Å². The number of carboxylic acid groups (broad SMARTS) is 1. The van der Waals surface area contributed by atoms with Crippen molar-refractivity contribution in [2.75, 3.05) is 0 Å². The Morgan fingerprint density at radius 1 is 1.35 bits per heavy atom. The van der Waals surface area contributed by atoms with Gasteiger partial charge in [0.1, 0.15) is 5.82 Å². The van der Waals surface area contributed by atoms with Crippen LogP contribution in [0.25, 0.3) is 17.0 Å². The summed E-state index contributed by atoms with van der Waals surface area (Å²) in [6.07, 6.45) is 2.84. The molecule has 0 spiro atoms. The highest BCUT2D eigenvalue weighted by atomic mass is 35.5. The molecule has 0 saturated carbocycles. The van der Waals surface area contributed by atoms with Crippen molar-refractivity contribution in [3.8, 4) is 11.3 Å². The van der Waals surface area contributed by atoms with Crippen molar-refractivity contribution in [1.82, 2.24) is 14.4 Å². The highest BCUT2D eigenvalue weighted by Gasteiger charge is 2.14. The van der Waals surface area contributed by atoms with E-state index in [4.69, 9.17) is 16.7 Å². The molecule has 1 aromatic carbocycles. The summed E-state index contributed by atoms with van der Waals surface area (Å²) in [5.41, 5.74) is 1.03. The summed E-state index contributed by atoms with van der Waals surface area (Å²) in [5, 5.41) is 9.18. The molecule has 0 atom stereocenters. The first kappa shape index (κ1) is 12.6. The lowest BCUT2D eigenvalue weighted by molar-refractivity contribution is 0.0691. The maximum atomic E-state index is 13.1. The Labute approximate surface area is 117 Å². The molecule has 0 unspecified atom stereocenters. The van der Waals surface area contributed by atoms with Gasteiger partial charge in [-0.05, 0) is 24.3 Å². The zero-order chi connectivity index (χ0) is 14.3. The highest BCUT2D eigenvalue weighted by molar-refractivity contribution is 6.33. The fourth-order valence-corrected chi connectivity index (χ4v) is 2.18. The van der Waals surface area contributed by atoms with Crippen LogP contribution in [-0.4, -0.2) is 25.4 Å². The maximum Gasteiger partial charge on any atom is 0.356 e. The number of carboxylic acids is 1. The van der Waals surface area contributed by atoms with Gasteiger partial charge in [-0.3, -0.25) is 4.40 Å². The van der Waals surface area contributed by atoms with Crippen molar-refractivity contribution in [3.63, 3.8) is 0 Å². The smallest absolute Gasteiger partial charge is 0.356 e. The van der Waals surface area contributed by atoms with Gasteiger partial charge in [-0.1, -0.05) is 11.6 Å². The molecular weight excluding hydrogens is 285 g/mol. The SMILES string of the molecule is O=C(O)c1cn2c(-c3ccc(F)cc3Cl)ccnc2n1. The van der Waals surface area contributed by atoms with Crippen LogP contribution in [0, 0.1) is 5.82 Å². The van der Waals surface area contributed by atoms with Crippen molar-refractivity contribution in [3.05, 3.63) is 53.2 Å². The van der Waals surface area contributed by atoms with E-state index in [0.29, 0.717) is 11.3 Å². The molecule has 0 bridgehead atoms. The molecule has 0 aliphatic heterocycles. The lowest BCUT2D eigenvalue weighted by Gasteiger charge is -2.06. The molecule has 100 valence electrons. The Hall–Kier alpha value is -2.47. The topological polar surface area (TPSA) is 67.5 Å². The lowest BCUT2D eigenvalue weighted by atomic mass is 10.1. The molecule has 0 aliphatic rings. The lowest BCUT2D eigenvalue weighted by Crippen LogP contribution is -1.95. The number of imidazole rings is 1. The van der Waals surface area contributed by atoms with Gasteiger partial charge in [-0.25, -0.2) is 19.2 Å². The maximum absolute atomic E-state index is 13.1. The number of carbonyl (C=O) groups is 1. The molecule has 1 N–H and O–H groups in total. The zero-order valence-corrected chi connectivity index (χ0v) is 10.7. The molecule has 0 aliphatic carbocycles. The second-order valence-corrected chi connectivity index (χ2v) is 4.46. The van der Waals surface area contributed by atoms with Crippen LogP contribution in [0.3, 0.4) is 0 Å². The van der Waals surface area contributed by atoms with Crippen molar-refractivity contribution in [1.29, 1.82) is 0 Å². The highest BCUT2D eigenvalue weighted by Crippen LogP contribution is 2.28. The Kier molecular flexibility index (Phi) is 2.87. The predicted octanol–water partition coefficient (Wildman–Crippen LogP) is 2.89. The molecular formula is C13H7ClFN3O2. The van der Waals surface area contributed by atoms with Crippen LogP contribution in [0.1, 0.15) is 10.5 Å². The third-order valence-electron chi connectivity index (χ3n) is 2.80. The zero-order valence-electron chi connectivity index (χ0n) is 9.92. The monoisotopic (exact) mass is 291 g/mol. The Balaban J connectivity index is 2.28. The van der Waals surface area contributed by atoms with Gasteiger partial charge in [0, 0.05) is 18.0 Å². The van der Waals surface area contributed by atoms with E-state index in [-0.39, 0.29) is 16.5 Å². The van der Waals surface area contributed by atoms with Crippen LogP contribution in [-0.2, 0) is 0 Å². The fraction of sp³-hybridized carbons (Fsp3) is 0. The van der Waals surface area contributed by atoms with Gasteiger partial charge in [0.2, 0.25) is 5.78 Å². The van der Waals surface area contributed by atoms with Crippen molar-refractivity contribution in [2.45, 2.75) is 0 Å². The molecule has 3 aromatic rings. The van der Waals surface area contributed by atoms with E-state index in [9.17, 15) is 9.18 Å². The summed E-state index contributed by atoms with van der Waals surface area (Å²) in [6.45, 7) is 0. The quantitative estimate of drug-likeness (QED) is 0.788. The van der Waals surface area contributed by atoms with Crippen LogP contribution in [0.15, 0.2) is 36.7 Å². The minimum atomic E-state index is -1.15. The largest absolute Gasteiger partial charge is 0.476 e. The molecule has 5 nitrogen and oxygen atoms in total. The van der Waals surface area contributed by atoms with E-state index < -0.39 is 11.8 Å². The average molecular weight is 292 g/mol. The molecule has 2 aromatic heterocycles. The summed E-state index contributed by atoms with van der Waals surface area (Å²) >= 11 is 6.02. The number of halogens is 2. The number of rotatable bonds is 2. The molecule has 0 saturated heterocycles. The summed E-state index contributed by atoms with van der Waals surface area (Å²) in [4.78, 5) is 18.8. The van der Waals surface area contributed by atoms with Crippen molar-refractivity contribution < 1.29 is 14.3 Å². The first-order valence-corrected chi connectivity index (χ1v) is 5.97. The first-order valence-electron chi connectivity index (χ1n) is 5.59. The van der Waals surface area contributed by atoms with Crippen molar-refractivity contribution in [2.24, 2.45) is 0 Å². The number of aromatic nitrogens is 3. The fourth-order valence-electron chi connectivity index (χ4n) is 1.91. The Morgan fingerprint density at radius 2 is 2.15 bits per heavy atom. The number of fused-ring (bicyclic) bond motifs is 1. The van der Waals surface area contributed by atoms with E-state index in [1.807, 2.05) is 0 Å². The van der Waals surface area contributed by atoms with E-state index in [0.717, 1.165) is 0 Å². The normalized spacial score (nSPS) is 10.9. The number of hydrogen-bond donors (Lipinski definition) is 1. The Morgan fingerprint density at radius 3 is 2.85 bits per heavy atom. The second-order valence-electron chi connectivity index (χ2n) is 4.06. The molecule has 0 fully saturated rings. The Bertz CT molecular complexity index is 832. The van der Waals surface area contributed by atoms with Crippen molar-refractivity contribution >= 4 is 23.3 Å². The van der Waals surface area contributed by atoms with Gasteiger partial charge in [-0.2, -0.15) is 0 Å². The van der Waals surface area contributed by atoms with Gasteiger partial charge in [0.05, 0.1) is 10.7 Å². The van der Waals surface area contributed by atoms with Crippen LogP contribution >= 0.6 is 11.6 Å². The van der Waals surface area contributed by atoms with Gasteiger partial charge in [0.15, 0.2) is 5.69 Å². The standard InChI is InChI=1S/C13H7ClFN3O2/c14-9-5-7(15)1-2-8(9)11-3-4-16-13-17-10(12(19)20)6-18(11)13/h1-6H,(H,19,20). The van der Waals surface area contributed by atoms with E-state index in [1.165, 1.54) is 35.0 Å². The van der Waals surface area contributed by atoms with Crippen LogP contribution in [0.2, 0.25) is 5.02 Å². The third kappa shape index (κ3) is 2.00. The van der Waals surface area contributed by atoms with E-state index in [2.05, 4.69) is 9.97 Å². The first-order chi connectivity index (χ1) is 9.56. The molecule has 20 heavy (non-hydrogen) atoms. The predicted molar refractivity (Wildman–Crippen MR) is 70.4 cm³/mol. The van der Waals surface area contributed by atoms with Gasteiger partial charge < -0.3 is 5.11 Å². The summed E-state index contributed by atoms with van der Waals surface area (Å²) in [6, 6.07) is 5.65. The number of benzene rings is 1. The second kappa shape index (κ2) is 4.57. The molecule has 0 radical (unpaired) electrons. The molecule has 0 amide bonds. The number of hydrogen-bond acceptors (Lipinski definition) is 3. The van der Waals surface area contributed by atoms with E-state index in [1.54, 1.807) is 6.07 Å². The van der Waals surface area contributed by atoms with E-state index >= 15 is 0 Å². The van der Waals surface area contributed by atoms with Crippen LogP contribution in [0.5, 0.6) is 0 Å². The summed E-state index contributed by atoms with van der Waals surface area (Å²) in [5.74, 6) is -1.35. The van der Waals surface area contributed by atoms with Gasteiger partial charge in [0.25, 0.3) is 0 Å². The number of nitrogens with zero attached hydrogens (tertiary/aromatic N) is 3. The number of aromatic carboxylic acids is 1. The van der Waals surface area contributed by atoms with Crippen LogP contribution in [0.4, 0.5) is 4.39 Å². The summed E-state index contributed by atoms with van der Waals surface area (Å²) in [7, 11) is 0. The third-order valence-corrected chi connectivity index (χ3v) is 3.11. The minimum Gasteiger partial charge on any atom is -0.476 e. The van der Waals surface area contributed by atoms with Gasteiger partial charge >= 0.3 is 5.97 Å². The molecule has 2 heterocycles. The molecule has 3 rings (SSSR count). The summed E-state index contributed by atoms with van der Waals surface area (Å²) < 4.78 is 14.6. The average Bonchev–Trinajstić information content (AvgIpc) is 2.83. The minimum absolute atomic E-state index is 0.122.